The molecule has 0 fully saturated rings. The maximum absolute atomic E-state index is 12.6. The summed E-state index contributed by atoms with van der Waals surface area (Å²) >= 11 is 0. The van der Waals surface area contributed by atoms with Crippen LogP contribution in [0.3, 0.4) is 0 Å². The van der Waals surface area contributed by atoms with E-state index in [1.807, 2.05) is 52.1 Å². The summed E-state index contributed by atoms with van der Waals surface area (Å²) in [4.78, 5) is 14.6. The van der Waals surface area contributed by atoms with Crippen molar-refractivity contribution in [3.63, 3.8) is 0 Å². The van der Waals surface area contributed by atoms with E-state index in [0.717, 1.165) is 35.2 Å². The molecule has 1 aromatic carbocycles. The third-order valence-corrected chi connectivity index (χ3v) is 4.30. The van der Waals surface area contributed by atoms with E-state index in [-0.39, 0.29) is 5.91 Å². The van der Waals surface area contributed by atoms with Gasteiger partial charge in [-0.05, 0) is 42.7 Å². The van der Waals surface area contributed by atoms with E-state index in [2.05, 4.69) is 18.1 Å². The number of amides is 1. The Labute approximate surface area is 129 Å². The van der Waals surface area contributed by atoms with Crippen molar-refractivity contribution in [2.24, 2.45) is 0 Å². The van der Waals surface area contributed by atoms with Crippen LogP contribution in [0.4, 0.5) is 0 Å². The number of carbonyl (C=O) groups excluding carboxylic acids is 1. The molecule has 0 unspecified atom stereocenters. The fourth-order valence-corrected chi connectivity index (χ4v) is 3.09. The molecular weight excluding hydrogens is 274 g/mol. The van der Waals surface area contributed by atoms with Crippen LogP contribution in [-0.2, 0) is 13.0 Å². The van der Waals surface area contributed by atoms with Gasteiger partial charge in [0, 0.05) is 30.4 Å². The van der Waals surface area contributed by atoms with Crippen molar-refractivity contribution in [3.05, 3.63) is 71.0 Å². The Balaban J connectivity index is 1.66. The number of fused-ring (bicyclic) bond motifs is 2. The van der Waals surface area contributed by atoms with Crippen molar-refractivity contribution < 1.29 is 4.79 Å². The molecule has 0 bridgehead atoms. The molecule has 0 radical (unpaired) electrons. The molecule has 1 aliphatic rings. The largest absolute Gasteiger partial charge is 0.334 e. The SMILES string of the molecule is Cc1ccn2ncc(CN3CCc4ccccc4C3=O)c2c1. The Kier molecular flexibility index (Phi) is 2.96. The monoisotopic (exact) mass is 291 g/mol. The molecule has 1 aliphatic heterocycles. The highest BCUT2D eigenvalue weighted by atomic mass is 16.2. The first-order valence-electron chi connectivity index (χ1n) is 7.52. The highest BCUT2D eigenvalue weighted by Crippen LogP contribution is 2.22. The molecule has 0 saturated heterocycles. The van der Waals surface area contributed by atoms with Gasteiger partial charge < -0.3 is 4.90 Å². The molecule has 0 N–H and O–H groups in total. The molecule has 4 heteroatoms. The van der Waals surface area contributed by atoms with E-state index in [4.69, 9.17) is 0 Å². The standard InChI is InChI=1S/C18H17N3O/c1-13-6-9-21-17(10-13)15(11-19-21)12-20-8-7-14-4-2-3-5-16(14)18(20)22/h2-6,9-11H,7-8,12H2,1H3. The van der Waals surface area contributed by atoms with Gasteiger partial charge in [0.25, 0.3) is 5.91 Å². The second-order valence-electron chi connectivity index (χ2n) is 5.84. The third-order valence-electron chi connectivity index (χ3n) is 4.30. The second-order valence-corrected chi connectivity index (χ2v) is 5.84. The average molecular weight is 291 g/mol. The van der Waals surface area contributed by atoms with Gasteiger partial charge in [-0.2, -0.15) is 5.10 Å². The van der Waals surface area contributed by atoms with Crippen molar-refractivity contribution in [2.75, 3.05) is 6.54 Å². The minimum absolute atomic E-state index is 0.119. The number of rotatable bonds is 2. The fourth-order valence-electron chi connectivity index (χ4n) is 3.09. The average Bonchev–Trinajstić information content (AvgIpc) is 2.92. The molecule has 3 aromatic rings. The van der Waals surface area contributed by atoms with Crippen LogP contribution in [0.5, 0.6) is 0 Å². The number of hydrogen-bond donors (Lipinski definition) is 0. The van der Waals surface area contributed by atoms with Gasteiger partial charge in [0.2, 0.25) is 0 Å². The minimum atomic E-state index is 0.119. The highest BCUT2D eigenvalue weighted by molar-refractivity contribution is 5.96. The lowest BCUT2D eigenvalue weighted by molar-refractivity contribution is 0.0728. The Morgan fingerprint density at radius 3 is 3.00 bits per heavy atom. The van der Waals surface area contributed by atoms with E-state index in [0.29, 0.717) is 6.54 Å². The zero-order valence-corrected chi connectivity index (χ0v) is 12.5. The molecule has 0 saturated carbocycles. The molecule has 4 rings (SSSR count). The number of aromatic nitrogens is 2. The van der Waals surface area contributed by atoms with Crippen LogP contribution >= 0.6 is 0 Å². The molecule has 2 aromatic heterocycles. The van der Waals surface area contributed by atoms with Gasteiger partial charge in [-0.25, -0.2) is 4.52 Å². The molecule has 4 nitrogen and oxygen atoms in total. The Hall–Kier alpha value is -2.62. The van der Waals surface area contributed by atoms with Crippen molar-refractivity contribution >= 4 is 11.4 Å². The Morgan fingerprint density at radius 2 is 2.09 bits per heavy atom. The second kappa shape index (κ2) is 4.98. The highest BCUT2D eigenvalue weighted by Gasteiger charge is 2.24. The zero-order chi connectivity index (χ0) is 15.1. The summed E-state index contributed by atoms with van der Waals surface area (Å²) in [7, 11) is 0. The topological polar surface area (TPSA) is 37.6 Å². The summed E-state index contributed by atoms with van der Waals surface area (Å²) in [5.41, 5.74) is 5.36. The van der Waals surface area contributed by atoms with E-state index in [1.54, 1.807) is 0 Å². The summed E-state index contributed by atoms with van der Waals surface area (Å²) in [6, 6.07) is 12.0. The van der Waals surface area contributed by atoms with E-state index in [1.165, 1.54) is 5.56 Å². The number of benzene rings is 1. The molecule has 1 amide bonds. The first-order valence-corrected chi connectivity index (χ1v) is 7.52. The number of carbonyl (C=O) groups is 1. The van der Waals surface area contributed by atoms with Crippen molar-refractivity contribution in [1.82, 2.24) is 14.5 Å². The molecule has 0 atom stereocenters. The van der Waals surface area contributed by atoms with Gasteiger partial charge in [-0.3, -0.25) is 4.79 Å². The number of pyridine rings is 1. The number of nitrogens with zero attached hydrogens (tertiary/aromatic N) is 3. The number of aryl methyl sites for hydroxylation is 1. The maximum atomic E-state index is 12.6. The molecule has 110 valence electrons. The first kappa shape index (κ1) is 13.1. The molecule has 22 heavy (non-hydrogen) atoms. The summed E-state index contributed by atoms with van der Waals surface area (Å²) < 4.78 is 1.87. The van der Waals surface area contributed by atoms with Gasteiger partial charge in [0.15, 0.2) is 0 Å². The van der Waals surface area contributed by atoms with E-state index >= 15 is 0 Å². The van der Waals surface area contributed by atoms with Crippen molar-refractivity contribution in [3.8, 4) is 0 Å². The quantitative estimate of drug-likeness (QED) is 0.728. The lowest BCUT2D eigenvalue weighted by Gasteiger charge is -2.28. The smallest absolute Gasteiger partial charge is 0.254 e. The Morgan fingerprint density at radius 1 is 1.23 bits per heavy atom. The van der Waals surface area contributed by atoms with Crippen LogP contribution < -0.4 is 0 Å². The fraction of sp³-hybridized carbons (Fsp3) is 0.222. The van der Waals surface area contributed by atoms with E-state index in [9.17, 15) is 4.79 Å². The van der Waals surface area contributed by atoms with Crippen LogP contribution in [0.2, 0.25) is 0 Å². The third kappa shape index (κ3) is 2.08. The summed E-state index contributed by atoms with van der Waals surface area (Å²) in [5, 5.41) is 4.37. The van der Waals surface area contributed by atoms with Crippen LogP contribution in [0.25, 0.3) is 5.52 Å². The van der Waals surface area contributed by atoms with Gasteiger partial charge >= 0.3 is 0 Å². The molecule has 0 aliphatic carbocycles. The van der Waals surface area contributed by atoms with Gasteiger partial charge in [0.1, 0.15) is 0 Å². The van der Waals surface area contributed by atoms with Crippen LogP contribution in [0.1, 0.15) is 27.0 Å². The van der Waals surface area contributed by atoms with Gasteiger partial charge in [0.05, 0.1) is 11.7 Å². The number of hydrogen-bond acceptors (Lipinski definition) is 2. The molecular formula is C18H17N3O. The van der Waals surface area contributed by atoms with E-state index < -0.39 is 0 Å². The van der Waals surface area contributed by atoms with Gasteiger partial charge in [-0.1, -0.05) is 18.2 Å². The predicted molar refractivity (Wildman–Crippen MR) is 84.8 cm³/mol. The van der Waals surface area contributed by atoms with Crippen molar-refractivity contribution in [2.45, 2.75) is 19.9 Å². The van der Waals surface area contributed by atoms with Crippen molar-refractivity contribution in [1.29, 1.82) is 0 Å². The summed E-state index contributed by atoms with van der Waals surface area (Å²) in [5.74, 6) is 0.119. The lowest BCUT2D eigenvalue weighted by Crippen LogP contribution is -2.36. The lowest BCUT2D eigenvalue weighted by atomic mass is 9.99. The first-order chi connectivity index (χ1) is 10.7. The summed E-state index contributed by atoms with van der Waals surface area (Å²) in [6.45, 7) is 3.44. The molecule has 3 heterocycles. The minimum Gasteiger partial charge on any atom is -0.334 e. The van der Waals surface area contributed by atoms with Crippen LogP contribution in [-0.4, -0.2) is 27.0 Å². The van der Waals surface area contributed by atoms with Gasteiger partial charge in [-0.15, -0.1) is 0 Å². The van der Waals surface area contributed by atoms with Crippen LogP contribution in [0, 0.1) is 6.92 Å². The maximum Gasteiger partial charge on any atom is 0.254 e. The zero-order valence-electron chi connectivity index (χ0n) is 12.5. The Bertz CT molecular complexity index is 866. The molecule has 0 spiro atoms. The van der Waals surface area contributed by atoms with Crippen LogP contribution in [0.15, 0.2) is 48.8 Å². The summed E-state index contributed by atoms with van der Waals surface area (Å²) in [6.07, 6.45) is 4.74. The normalized spacial score (nSPS) is 14.4. The predicted octanol–water partition coefficient (Wildman–Crippen LogP) is 2.84.